The molecule has 6 nitrogen and oxygen atoms in total. The lowest BCUT2D eigenvalue weighted by atomic mass is 10.1. The molecule has 1 aliphatic carbocycles. The number of aryl methyl sites for hydroxylation is 2. The van der Waals surface area contributed by atoms with Crippen LogP contribution in [0.15, 0.2) is 35.5 Å². The molecule has 1 aromatic carbocycles. The van der Waals surface area contributed by atoms with Crippen molar-refractivity contribution < 1.29 is 9.18 Å². The molecule has 0 radical (unpaired) electrons. The maximum atomic E-state index is 13.3. The normalized spacial score (nSPS) is 15.2. The van der Waals surface area contributed by atoms with Gasteiger partial charge >= 0.3 is 0 Å². The van der Waals surface area contributed by atoms with Gasteiger partial charge in [-0.25, -0.2) is 13.9 Å². The van der Waals surface area contributed by atoms with E-state index in [4.69, 9.17) is 0 Å². The topological polar surface area (TPSA) is 72.2 Å². The minimum absolute atomic E-state index is 0.108. The van der Waals surface area contributed by atoms with Gasteiger partial charge in [-0.1, -0.05) is 23.9 Å². The molecule has 2 heterocycles. The van der Waals surface area contributed by atoms with E-state index < -0.39 is 5.25 Å². The van der Waals surface area contributed by atoms with E-state index in [1.807, 2.05) is 19.9 Å². The van der Waals surface area contributed by atoms with E-state index >= 15 is 0 Å². The summed E-state index contributed by atoms with van der Waals surface area (Å²) in [5.74, 6) is 0.0653. The zero-order chi connectivity index (χ0) is 18.3. The van der Waals surface area contributed by atoms with Crippen LogP contribution in [0.25, 0.3) is 5.78 Å². The van der Waals surface area contributed by atoms with Gasteiger partial charge in [0.2, 0.25) is 11.1 Å². The Balaban J connectivity index is 1.66. The van der Waals surface area contributed by atoms with Crippen LogP contribution in [0.5, 0.6) is 0 Å². The quantitative estimate of drug-likeness (QED) is 0.698. The largest absolute Gasteiger partial charge is 0.352 e. The molecule has 8 heteroatoms. The molecular formula is C18H18FN5OS. The summed E-state index contributed by atoms with van der Waals surface area (Å²) in [6.07, 6.45) is 2.00. The number of fused-ring (bicyclic) bond motifs is 1. The zero-order valence-corrected chi connectivity index (χ0v) is 15.3. The highest BCUT2D eigenvalue weighted by atomic mass is 32.2. The summed E-state index contributed by atoms with van der Waals surface area (Å²) in [7, 11) is 0. The lowest BCUT2D eigenvalue weighted by Crippen LogP contribution is -2.29. The first-order valence-electron chi connectivity index (χ1n) is 8.43. The van der Waals surface area contributed by atoms with Crippen LogP contribution in [-0.4, -0.2) is 31.5 Å². The van der Waals surface area contributed by atoms with Gasteiger partial charge in [0.05, 0.1) is 0 Å². The molecule has 1 unspecified atom stereocenters. The fourth-order valence-electron chi connectivity index (χ4n) is 2.72. The van der Waals surface area contributed by atoms with Gasteiger partial charge in [0, 0.05) is 17.4 Å². The summed E-state index contributed by atoms with van der Waals surface area (Å²) in [4.78, 5) is 21.5. The Labute approximate surface area is 154 Å². The number of hydrogen-bond acceptors (Lipinski definition) is 5. The average molecular weight is 371 g/mol. The molecule has 134 valence electrons. The van der Waals surface area contributed by atoms with Gasteiger partial charge in [-0.15, -0.1) is 5.10 Å². The van der Waals surface area contributed by atoms with E-state index in [9.17, 15) is 9.18 Å². The van der Waals surface area contributed by atoms with Crippen molar-refractivity contribution in [2.45, 2.75) is 43.1 Å². The molecule has 0 aliphatic heterocycles. The van der Waals surface area contributed by atoms with Crippen LogP contribution in [0.3, 0.4) is 0 Å². The van der Waals surface area contributed by atoms with Crippen LogP contribution in [0.1, 0.15) is 35.0 Å². The van der Waals surface area contributed by atoms with Crippen molar-refractivity contribution in [2.75, 3.05) is 0 Å². The molecule has 0 saturated heterocycles. The number of thioether (sulfide) groups is 1. The lowest BCUT2D eigenvalue weighted by Gasteiger charge is -2.15. The van der Waals surface area contributed by atoms with E-state index in [1.165, 1.54) is 23.9 Å². The van der Waals surface area contributed by atoms with E-state index in [-0.39, 0.29) is 17.8 Å². The Hall–Kier alpha value is -2.48. The van der Waals surface area contributed by atoms with Gasteiger partial charge in [-0.3, -0.25) is 4.79 Å². The molecule has 1 saturated carbocycles. The Kier molecular flexibility index (Phi) is 4.36. The molecule has 26 heavy (non-hydrogen) atoms. The van der Waals surface area contributed by atoms with Crippen LogP contribution in [0.4, 0.5) is 4.39 Å². The first kappa shape index (κ1) is 17.0. The van der Waals surface area contributed by atoms with Crippen LogP contribution >= 0.6 is 11.8 Å². The molecule has 1 N–H and O–H groups in total. The molecule has 0 bridgehead atoms. The second-order valence-corrected chi connectivity index (χ2v) is 7.55. The first-order valence-corrected chi connectivity index (χ1v) is 9.31. The number of halogens is 1. The highest BCUT2D eigenvalue weighted by Crippen LogP contribution is 2.35. The van der Waals surface area contributed by atoms with Crippen molar-refractivity contribution in [3.63, 3.8) is 0 Å². The Morgan fingerprint density at radius 3 is 2.69 bits per heavy atom. The van der Waals surface area contributed by atoms with Crippen molar-refractivity contribution in [2.24, 2.45) is 0 Å². The highest BCUT2D eigenvalue weighted by Gasteiger charge is 2.30. The predicted molar refractivity (Wildman–Crippen MR) is 96.4 cm³/mol. The van der Waals surface area contributed by atoms with E-state index in [2.05, 4.69) is 20.4 Å². The van der Waals surface area contributed by atoms with E-state index in [0.29, 0.717) is 16.5 Å². The van der Waals surface area contributed by atoms with Gasteiger partial charge in [0.15, 0.2) is 0 Å². The second-order valence-electron chi connectivity index (χ2n) is 6.48. The summed E-state index contributed by atoms with van der Waals surface area (Å²) in [5, 5.41) is 7.39. The number of hydrogen-bond donors (Lipinski definition) is 1. The summed E-state index contributed by atoms with van der Waals surface area (Å²) in [6, 6.07) is 8.14. The monoisotopic (exact) mass is 371 g/mol. The van der Waals surface area contributed by atoms with Gasteiger partial charge in [-0.05, 0) is 50.5 Å². The van der Waals surface area contributed by atoms with Crippen molar-refractivity contribution >= 4 is 23.4 Å². The smallest absolute Gasteiger partial charge is 0.253 e. The Morgan fingerprint density at radius 2 is 2.00 bits per heavy atom. The molecule has 1 atom stereocenters. The molecular weight excluding hydrogens is 353 g/mol. The molecule has 1 aliphatic rings. The van der Waals surface area contributed by atoms with Crippen LogP contribution in [-0.2, 0) is 4.79 Å². The standard InChI is InChI=1S/C18H18FN5OS/c1-10-9-11(2)24-17(20-10)22-18(23-24)26-15(16(25)21-14-7-8-14)12-3-5-13(19)6-4-12/h3-6,9,14-15H,7-8H2,1-2H3,(H,21,25). The number of benzene rings is 1. The van der Waals surface area contributed by atoms with Crippen molar-refractivity contribution in [1.82, 2.24) is 24.9 Å². The number of rotatable bonds is 5. The molecule has 0 spiro atoms. The number of nitrogens with zero attached hydrogens (tertiary/aromatic N) is 4. The van der Waals surface area contributed by atoms with E-state index in [1.54, 1.807) is 16.6 Å². The minimum atomic E-state index is -0.546. The number of amides is 1. The maximum Gasteiger partial charge on any atom is 0.253 e. The maximum absolute atomic E-state index is 13.3. The van der Waals surface area contributed by atoms with Gasteiger partial charge in [0.1, 0.15) is 11.1 Å². The molecule has 3 aromatic rings. The summed E-state index contributed by atoms with van der Waals surface area (Å²) < 4.78 is 14.9. The Bertz CT molecular complexity index is 968. The molecule has 1 amide bonds. The first-order chi connectivity index (χ1) is 12.5. The van der Waals surface area contributed by atoms with Gasteiger partial charge in [0.25, 0.3) is 5.78 Å². The predicted octanol–water partition coefficient (Wildman–Crippen LogP) is 2.99. The van der Waals surface area contributed by atoms with Crippen molar-refractivity contribution in [3.05, 3.63) is 53.1 Å². The second kappa shape index (κ2) is 6.68. The SMILES string of the molecule is Cc1cc(C)n2nc(SC(C(=O)NC3CC3)c3ccc(F)cc3)nc2n1. The van der Waals surface area contributed by atoms with Gasteiger partial charge in [-0.2, -0.15) is 4.98 Å². The molecule has 2 aromatic heterocycles. The highest BCUT2D eigenvalue weighted by molar-refractivity contribution is 8.00. The van der Waals surface area contributed by atoms with Crippen molar-refractivity contribution in [3.8, 4) is 0 Å². The third-order valence-corrected chi connectivity index (χ3v) is 5.26. The van der Waals surface area contributed by atoms with Crippen molar-refractivity contribution in [1.29, 1.82) is 0 Å². The lowest BCUT2D eigenvalue weighted by molar-refractivity contribution is -0.120. The fraction of sp³-hybridized carbons (Fsp3) is 0.333. The summed E-state index contributed by atoms with van der Waals surface area (Å²) in [6.45, 7) is 3.83. The third kappa shape index (κ3) is 3.55. The average Bonchev–Trinajstić information content (AvgIpc) is 3.31. The summed E-state index contributed by atoms with van der Waals surface area (Å²) in [5.41, 5.74) is 2.50. The van der Waals surface area contributed by atoms with Crippen LogP contribution < -0.4 is 5.32 Å². The third-order valence-electron chi connectivity index (χ3n) is 4.16. The zero-order valence-electron chi connectivity index (χ0n) is 14.4. The number of aromatic nitrogens is 4. The van der Waals surface area contributed by atoms with E-state index in [0.717, 1.165) is 24.2 Å². The minimum Gasteiger partial charge on any atom is -0.352 e. The number of carbonyl (C=O) groups is 1. The number of nitrogens with one attached hydrogen (secondary N) is 1. The fourth-order valence-corrected chi connectivity index (χ4v) is 3.66. The Morgan fingerprint density at radius 1 is 1.27 bits per heavy atom. The van der Waals surface area contributed by atoms with Crippen LogP contribution in [0, 0.1) is 19.7 Å². The molecule has 1 fully saturated rings. The molecule has 4 rings (SSSR count). The number of carbonyl (C=O) groups excluding carboxylic acids is 1. The van der Waals surface area contributed by atoms with Gasteiger partial charge < -0.3 is 5.32 Å². The summed E-state index contributed by atoms with van der Waals surface area (Å²) >= 11 is 1.25. The van der Waals surface area contributed by atoms with Crippen LogP contribution in [0.2, 0.25) is 0 Å².